The topological polar surface area (TPSA) is 161 Å². The Morgan fingerprint density at radius 3 is 2.54 bits per heavy atom. The van der Waals surface area contributed by atoms with Crippen LogP contribution in [0.5, 0.6) is 0 Å². The number of nitrogens with two attached hydrogens (primary N) is 1. The van der Waals surface area contributed by atoms with Crippen LogP contribution in [-0.4, -0.2) is 60.5 Å². The fourth-order valence-electron chi connectivity index (χ4n) is 6.24. The molecule has 1 aliphatic heterocycles. The van der Waals surface area contributed by atoms with Gasteiger partial charge in [-0.2, -0.15) is 0 Å². The number of rotatable bonds is 10. The maximum Gasteiger partial charge on any atom is 0.374 e. The minimum absolute atomic E-state index is 0.00957. The minimum Gasteiger partial charge on any atom is -0.460 e. The van der Waals surface area contributed by atoms with Crippen LogP contribution >= 0.6 is 23.2 Å². The molecule has 0 unspecified atom stereocenters. The number of hydrogen-bond acceptors (Lipinski definition) is 9. The van der Waals surface area contributed by atoms with Crippen molar-refractivity contribution < 1.29 is 36.8 Å². The standard InChI is InChI=1S/C31H34Cl2N4O8S/c1-3-43-31(40)26-15-13-19(45-26)17-44-35-29(38)27-20-8-4-5-9-21(20)30(39)36(28(27)22-14-12-18(32)16-23(22)33)24-10-6-7-11-25(24)37(34)46(2,41)42/h4-5,8-9,12-16,24-25,27-28H,3,6-7,10-11,17,34H2,1-2H3,(H,35,38)/t24-,25-,27+,28-/m0/s1. The number of hydroxylamine groups is 1. The molecule has 1 aromatic heterocycles. The van der Waals surface area contributed by atoms with Gasteiger partial charge in [0.2, 0.25) is 15.8 Å². The van der Waals surface area contributed by atoms with Crippen LogP contribution in [0.15, 0.2) is 59.0 Å². The van der Waals surface area contributed by atoms with Crippen LogP contribution in [0, 0.1) is 0 Å². The quantitative estimate of drug-likeness (QED) is 0.174. The maximum absolute atomic E-state index is 14.4. The highest BCUT2D eigenvalue weighted by Crippen LogP contribution is 2.48. The molecule has 2 amide bonds. The van der Waals surface area contributed by atoms with E-state index < -0.39 is 51.9 Å². The molecule has 3 N–H and O–H groups in total. The molecule has 2 aromatic carbocycles. The second-order valence-corrected chi connectivity index (χ2v) is 13.9. The summed E-state index contributed by atoms with van der Waals surface area (Å²) in [7, 11) is -3.83. The predicted octanol–water partition coefficient (Wildman–Crippen LogP) is 4.74. The van der Waals surface area contributed by atoms with E-state index in [1.54, 1.807) is 48.2 Å². The summed E-state index contributed by atoms with van der Waals surface area (Å²) in [6.07, 6.45) is 3.29. The Morgan fingerprint density at radius 1 is 1.09 bits per heavy atom. The van der Waals surface area contributed by atoms with E-state index in [0.29, 0.717) is 41.8 Å². The van der Waals surface area contributed by atoms with Gasteiger partial charge in [0.25, 0.3) is 11.8 Å². The zero-order valence-electron chi connectivity index (χ0n) is 25.2. The Hall–Kier alpha value is -3.46. The van der Waals surface area contributed by atoms with Crippen molar-refractivity contribution in [2.75, 3.05) is 12.9 Å². The van der Waals surface area contributed by atoms with Crippen LogP contribution in [0.25, 0.3) is 0 Å². The van der Waals surface area contributed by atoms with Gasteiger partial charge in [-0.15, -0.1) is 4.41 Å². The lowest BCUT2D eigenvalue weighted by Crippen LogP contribution is -2.61. The number of nitrogens with one attached hydrogen (secondary N) is 1. The Labute approximate surface area is 276 Å². The third-order valence-corrected chi connectivity index (χ3v) is 9.83. The number of hydrogen-bond donors (Lipinski definition) is 2. The van der Waals surface area contributed by atoms with E-state index in [9.17, 15) is 22.8 Å². The Kier molecular flexibility index (Phi) is 10.4. The molecule has 4 atom stereocenters. The summed E-state index contributed by atoms with van der Waals surface area (Å²) >= 11 is 13.0. The summed E-state index contributed by atoms with van der Waals surface area (Å²) in [6.45, 7) is 1.65. The number of carbonyl (C=O) groups is 3. The summed E-state index contributed by atoms with van der Waals surface area (Å²) in [5.74, 6) is 3.76. The van der Waals surface area contributed by atoms with Gasteiger partial charge in [-0.05, 0) is 61.2 Å². The van der Waals surface area contributed by atoms with Crippen molar-refractivity contribution in [2.24, 2.45) is 5.84 Å². The molecule has 15 heteroatoms. The van der Waals surface area contributed by atoms with Gasteiger partial charge in [-0.3, -0.25) is 20.3 Å². The Balaban J connectivity index is 1.54. The molecular weight excluding hydrogens is 659 g/mol. The minimum atomic E-state index is -3.83. The number of fused-ring (bicyclic) bond motifs is 1. The highest BCUT2D eigenvalue weighted by Gasteiger charge is 2.50. The zero-order chi connectivity index (χ0) is 33.2. The molecule has 246 valence electrons. The van der Waals surface area contributed by atoms with Crippen molar-refractivity contribution in [3.8, 4) is 0 Å². The van der Waals surface area contributed by atoms with Crippen LogP contribution < -0.4 is 11.3 Å². The van der Waals surface area contributed by atoms with Gasteiger partial charge in [0.1, 0.15) is 12.4 Å². The lowest BCUT2D eigenvalue weighted by Gasteiger charge is -2.50. The zero-order valence-corrected chi connectivity index (χ0v) is 27.5. The highest BCUT2D eigenvalue weighted by atomic mass is 35.5. The number of halogens is 2. The van der Waals surface area contributed by atoms with Gasteiger partial charge in [0.15, 0.2) is 0 Å². The molecule has 1 saturated carbocycles. The first-order valence-electron chi connectivity index (χ1n) is 14.7. The largest absolute Gasteiger partial charge is 0.460 e. The monoisotopic (exact) mass is 692 g/mol. The van der Waals surface area contributed by atoms with Crippen molar-refractivity contribution in [1.82, 2.24) is 14.8 Å². The average molecular weight is 694 g/mol. The molecule has 5 rings (SSSR count). The van der Waals surface area contributed by atoms with Crippen LogP contribution in [0.2, 0.25) is 10.0 Å². The second-order valence-electron chi connectivity index (χ2n) is 11.1. The molecule has 1 fully saturated rings. The Bertz CT molecular complexity index is 1730. The first-order valence-corrected chi connectivity index (χ1v) is 17.3. The van der Waals surface area contributed by atoms with E-state index in [0.717, 1.165) is 10.7 Å². The molecule has 0 radical (unpaired) electrons. The van der Waals surface area contributed by atoms with E-state index in [1.165, 1.54) is 18.2 Å². The number of nitrogens with zero attached hydrogens (tertiary/aromatic N) is 2. The lowest BCUT2D eigenvalue weighted by atomic mass is 9.76. The number of hydrazine groups is 1. The molecule has 3 aromatic rings. The van der Waals surface area contributed by atoms with E-state index in [-0.39, 0.29) is 35.3 Å². The summed E-state index contributed by atoms with van der Waals surface area (Å²) in [4.78, 5) is 47.6. The van der Waals surface area contributed by atoms with Crippen molar-refractivity contribution in [1.29, 1.82) is 0 Å². The first-order chi connectivity index (χ1) is 21.9. The molecular formula is C31H34Cl2N4O8S. The first kappa shape index (κ1) is 33.9. The van der Waals surface area contributed by atoms with Gasteiger partial charge in [-0.1, -0.05) is 60.3 Å². The van der Waals surface area contributed by atoms with E-state index in [1.807, 2.05) is 0 Å². The number of sulfonamides is 1. The van der Waals surface area contributed by atoms with Gasteiger partial charge >= 0.3 is 5.97 Å². The van der Waals surface area contributed by atoms with Crippen LogP contribution in [-0.2, 0) is 31.0 Å². The summed E-state index contributed by atoms with van der Waals surface area (Å²) < 4.78 is 36.4. The highest BCUT2D eigenvalue weighted by molar-refractivity contribution is 7.88. The van der Waals surface area contributed by atoms with Crippen molar-refractivity contribution >= 4 is 51.0 Å². The summed E-state index contributed by atoms with van der Waals surface area (Å²) in [5, 5.41) is 0.573. The SMILES string of the molecule is CCOC(=O)c1ccc(CONC(=O)[C@@H]2c3ccccc3C(=O)N([C@H]3CCCC[C@@H]3N(N)S(C)(=O)=O)[C@H]2c2ccc(Cl)cc2Cl)o1. The van der Waals surface area contributed by atoms with Crippen molar-refractivity contribution in [3.63, 3.8) is 0 Å². The van der Waals surface area contributed by atoms with E-state index >= 15 is 0 Å². The number of esters is 1. The second kappa shape index (κ2) is 14.1. The molecule has 12 nitrogen and oxygen atoms in total. The van der Waals surface area contributed by atoms with Gasteiger partial charge < -0.3 is 14.1 Å². The fourth-order valence-corrected chi connectivity index (χ4v) is 7.50. The average Bonchev–Trinajstić information content (AvgIpc) is 3.49. The molecule has 46 heavy (non-hydrogen) atoms. The molecule has 2 heterocycles. The normalized spacial score (nSPS) is 21.6. The smallest absolute Gasteiger partial charge is 0.374 e. The third-order valence-electron chi connectivity index (χ3n) is 8.23. The van der Waals surface area contributed by atoms with Crippen LogP contribution in [0.1, 0.15) is 82.4 Å². The number of benzene rings is 2. The summed E-state index contributed by atoms with van der Waals surface area (Å²) in [6, 6.07) is 12.0. The Morgan fingerprint density at radius 2 is 1.83 bits per heavy atom. The number of furan rings is 1. The molecule has 0 spiro atoms. The predicted molar refractivity (Wildman–Crippen MR) is 169 cm³/mol. The molecule has 0 bridgehead atoms. The van der Waals surface area contributed by atoms with E-state index in [2.05, 4.69) is 5.48 Å². The van der Waals surface area contributed by atoms with Gasteiger partial charge in [0.05, 0.1) is 36.9 Å². The van der Waals surface area contributed by atoms with Gasteiger partial charge in [-0.25, -0.2) is 18.7 Å². The van der Waals surface area contributed by atoms with Crippen LogP contribution in [0.4, 0.5) is 0 Å². The maximum atomic E-state index is 14.4. The van der Waals surface area contributed by atoms with Crippen LogP contribution in [0.3, 0.4) is 0 Å². The molecule has 0 saturated heterocycles. The number of carbonyl (C=O) groups excluding carboxylic acids is 3. The van der Waals surface area contributed by atoms with E-state index in [4.69, 9.17) is 43.0 Å². The number of amides is 2. The summed E-state index contributed by atoms with van der Waals surface area (Å²) in [5.41, 5.74) is 3.63. The number of ether oxygens (including phenoxy) is 1. The molecule has 2 aliphatic rings. The fraction of sp³-hybridized carbons (Fsp3) is 0.387. The van der Waals surface area contributed by atoms with Gasteiger partial charge in [0, 0.05) is 15.6 Å². The third kappa shape index (κ3) is 6.94. The molecule has 1 aliphatic carbocycles. The van der Waals surface area contributed by atoms with Crippen molar-refractivity contribution in [2.45, 2.75) is 63.3 Å². The van der Waals surface area contributed by atoms with Crippen molar-refractivity contribution in [3.05, 3.63) is 92.9 Å². The lowest BCUT2D eigenvalue weighted by molar-refractivity contribution is -0.138.